The van der Waals surface area contributed by atoms with E-state index < -0.39 is 0 Å². The Kier molecular flexibility index (Phi) is 5.86. The van der Waals surface area contributed by atoms with E-state index in [0.717, 1.165) is 18.7 Å². The summed E-state index contributed by atoms with van der Waals surface area (Å²) in [7, 11) is 0. The highest BCUT2D eigenvalue weighted by Gasteiger charge is 2.24. The van der Waals surface area contributed by atoms with E-state index in [9.17, 15) is 4.39 Å². The molecule has 0 aliphatic carbocycles. The fraction of sp³-hybridized carbons (Fsp3) is 0.538. The van der Waals surface area contributed by atoms with Gasteiger partial charge in [-0.2, -0.15) is 0 Å². The van der Waals surface area contributed by atoms with Crippen LogP contribution >= 0.6 is 24.0 Å². The highest BCUT2D eigenvalue weighted by molar-refractivity contribution is 6.30. The molecule has 2 nitrogen and oxygen atoms in total. The first kappa shape index (κ1) is 15.7. The Hall–Kier alpha value is -0.350. The lowest BCUT2D eigenvalue weighted by molar-refractivity contribution is 0.107. The summed E-state index contributed by atoms with van der Waals surface area (Å²) in [4.78, 5) is 2.32. The van der Waals surface area contributed by atoms with Crippen LogP contribution in [0.1, 0.15) is 19.4 Å². The van der Waals surface area contributed by atoms with Crippen molar-refractivity contribution < 1.29 is 4.39 Å². The fourth-order valence-electron chi connectivity index (χ4n) is 2.33. The maximum Gasteiger partial charge on any atom is 0.129 e. The lowest BCUT2D eigenvalue weighted by Gasteiger charge is -2.39. The Bertz CT molecular complexity index is 391. The Labute approximate surface area is 119 Å². The number of hydrogen-bond acceptors (Lipinski definition) is 2. The van der Waals surface area contributed by atoms with Gasteiger partial charge in [0, 0.05) is 42.3 Å². The molecular formula is C13H19Cl2FN2. The van der Waals surface area contributed by atoms with Crippen LogP contribution in [0.4, 0.5) is 4.39 Å². The van der Waals surface area contributed by atoms with Crippen molar-refractivity contribution in [3.05, 3.63) is 34.6 Å². The van der Waals surface area contributed by atoms with Crippen LogP contribution in [0.5, 0.6) is 0 Å². The van der Waals surface area contributed by atoms with Crippen molar-refractivity contribution in [2.75, 3.05) is 13.1 Å². The molecule has 1 aliphatic heterocycles. The highest BCUT2D eigenvalue weighted by Crippen LogP contribution is 2.19. The Balaban J connectivity index is 0.00000162. The number of halogens is 3. The molecule has 1 N–H and O–H groups in total. The molecule has 18 heavy (non-hydrogen) atoms. The zero-order valence-electron chi connectivity index (χ0n) is 10.6. The van der Waals surface area contributed by atoms with Crippen molar-refractivity contribution in [3.8, 4) is 0 Å². The van der Waals surface area contributed by atoms with Gasteiger partial charge in [0.05, 0.1) is 0 Å². The summed E-state index contributed by atoms with van der Waals surface area (Å²) in [5, 5.41) is 3.82. The van der Waals surface area contributed by atoms with E-state index in [1.165, 1.54) is 6.07 Å². The molecule has 1 aromatic rings. The van der Waals surface area contributed by atoms with Crippen LogP contribution in [0.15, 0.2) is 18.2 Å². The first-order valence-corrected chi connectivity index (χ1v) is 6.36. The quantitative estimate of drug-likeness (QED) is 0.901. The maximum atomic E-state index is 13.7. The summed E-state index contributed by atoms with van der Waals surface area (Å²) in [6, 6.07) is 5.76. The molecule has 1 fully saturated rings. The van der Waals surface area contributed by atoms with Crippen LogP contribution in [-0.2, 0) is 6.54 Å². The van der Waals surface area contributed by atoms with Crippen LogP contribution in [0.2, 0.25) is 5.02 Å². The Morgan fingerprint density at radius 3 is 2.50 bits per heavy atom. The van der Waals surface area contributed by atoms with Crippen molar-refractivity contribution in [2.45, 2.75) is 32.5 Å². The average Bonchev–Trinajstić information content (AvgIpc) is 2.26. The molecule has 102 valence electrons. The predicted octanol–water partition coefficient (Wildman–Crippen LogP) is 3.08. The zero-order valence-corrected chi connectivity index (χ0v) is 12.2. The van der Waals surface area contributed by atoms with E-state index in [-0.39, 0.29) is 18.2 Å². The molecule has 5 heteroatoms. The summed E-state index contributed by atoms with van der Waals surface area (Å²) in [5.74, 6) is -0.213. The minimum absolute atomic E-state index is 0. The van der Waals surface area contributed by atoms with Gasteiger partial charge >= 0.3 is 0 Å². The molecule has 2 atom stereocenters. The number of hydrogen-bond donors (Lipinski definition) is 1. The molecule has 0 spiro atoms. The average molecular weight is 293 g/mol. The smallest absolute Gasteiger partial charge is 0.129 e. The lowest BCUT2D eigenvalue weighted by Crippen LogP contribution is -2.54. The van der Waals surface area contributed by atoms with Crippen molar-refractivity contribution >= 4 is 24.0 Å². The second-order valence-corrected chi connectivity index (χ2v) is 5.20. The van der Waals surface area contributed by atoms with Gasteiger partial charge in [-0.3, -0.25) is 4.90 Å². The molecule has 0 aromatic heterocycles. The number of benzene rings is 1. The van der Waals surface area contributed by atoms with Crippen LogP contribution < -0.4 is 5.32 Å². The van der Waals surface area contributed by atoms with Crippen molar-refractivity contribution in [1.29, 1.82) is 0 Å². The van der Waals surface area contributed by atoms with E-state index in [2.05, 4.69) is 24.1 Å². The number of rotatable bonds is 2. The molecule has 1 heterocycles. The third-order valence-corrected chi connectivity index (χ3v) is 3.61. The Morgan fingerprint density at radius 1 is 1.33 bits per heavy atom. The van der Waals surface area contributed by atoms with E-state index >= 15 is 0 Å². The predicted molar refractivity (Wildman–Crippen MR) is 76.0 cm³/mol. The van der Waals surface area contributed by atoms with E-state index in [4.69, 9.17) is 11.6 Å². The van der Waals surface area contributed by atoms with Gasteiger partial charge in [0.15, 0.2) is 0 Å². The highest BCUT2D eigenvalue weighted by atomic mass is 35.5. The van der Waals surface area contributed by atoms with E-state index in [0.29, 0.717) is 23.7 Å². The summed E-state index contributed by atoms with van der Waals surface area (Å²) in [6.07, 6.45) is 0. The summed E-state index contributed by atoms with van der Waals surface area (Å²) in [6.45, 7) is 6.89. The van der Waals surface area contributed by atoms with Crippen molar-refractivity contribution in [1.82, 2.24) is 10.2 Å². The third-order valence-electron chi connectivity index (χ3n) is 3.38. The second-order valence-electron chi connectivity index (χ2n) is 4.76. The number of nitrogens with zero attached hydrogens (tertiary/aromatic N) is 1. The summed E-state index contributed by atoms with van der Waals surface area (Å²) < 4.78 is 13.7. The molecule has 0 amide bonds. The molecule has 2 rings (SSSR count). The van der Waals surface area contributed by atoms with Crippen molar-refractivity contribution in [2.24, 2.45) is 0 Å². The molecule has 0 saturated carbocycles. The minimum Gasteiger partial charge on any atom is -0.314 e. The van der Waals surface area contributed by atoms with Gasteiger partial charge in [-0.1, -0.05) is 17.7 Å². The van der Waals surface area contributed by atoms with Crippen LogP contribution in [0.3, 0.4) is 0 Å². The molecule has 1 saturated heterocycles. The standard InChI is InChI=1S/C13H18ClFN2.ClH/c1-9-6-16-7-10(2)17(9)8-11-3-4-12(14)5-13(11)15;/h3-5,9-10,16H,6-8H2,1-2H3;1H/t9-,10+;. The lowest BCUT2D eigenvalue weighted by atomic mass is 10.1. The van der Waals surface area contributed by atoms with Gasteiger partial charge < -0.3 is 5.32 Å². The van der Waals surface area contributed by atoms with Crippen LogP contribution in [0.25, 0.3) is 0 Å². The van der Waals surface area contributed by atoms with Crippen LogP contribution in [-0.4, -0.2) is 30.1 Å². The molecule has 0 bridgehead atoms. The fourth-order valence-corrected chi connectivity index (χ4v) is 2.49. The number of nitrogens with one attached hydrogen (secondary N) is 1. The molecule has 0 radical (unpaired) electrons. The number of piperazine rings is 1. The van der Waals surface area contributed by atoms with Gasteiger partial charge in [-0.25, -0.2) is 4.39 Å². The normalized spacial score (nSPS) is 24.7. The molecular weight excluding hydrogens is 274 g/mol. The van der Waals surface area contributed by atoms with Gasteiger partial charge in [0.25, 0.3) is 0 Å². The third kappa shape index (κ3) is 3.58. The topological polar surface area (TPSA) is 15.3 Å². The minimum atomic E-state index is -0.213. The van der Waals surface area contributed by atoms with Gasteiger partial charge in [-0.05, 0) is 26.0 Å². The van der Waals surface area contributed by atoms with Gasteiger partial charge in [0.1, 0.15) is 5.82 Å². The summed E-state index contributed by atoms with van der Waals surface area (Å²) >= 11 is 5.75. The van der Waals surface area contributed by atoms with E-state index in [1.807, 2.05) is 0 Å². The van der Waals surface area contributed by atoms with Crippen molar-refractivity contribution in [3.63, 3.8) is 0 Å². The zero-order chi connectivity index (χ0) is 12.4. The largest absolute Gasteiger partial charge is 0.314 e. The molecule has 0 unspecified atom stereocenters. The SMILES string of the molecule is C[C@@H]1CNC[C@H](C)N1Cc1ccc(Cl)cc1F.Cl. The van der Waals surface area contributed by atoms with Crippen LogP contribution in [0, 0.1) is 5.82 Å². The van der Waals surface area contributed by atoms with Gasteiger partial charge in [0.2, 0.25) is 0 Å². The summed E-state index contributed by atoms with van der Waals surface area (Å²) in [5.41, 5.74) is 0.718. The monoisotopic (exact) mass is 292 g/mol. The first-order chi connectivity index (χ1) is 8.08. The maximum absolute atomic E-state index is 13.7. The molecule has 1 aliphatic rings. The second kappa shape index (κ2) is 6.71. The van der Waals surface area contributed by atoms with E-state index in [1.54, 1.807) is 12.1 Å². The Morgan fingerprint density at radius 2 is 1.94 bits per heavy atom. The van der Waals surface area contributed by atoms with Gasteiger partial charge in [-0.15, -0.1) is 12.4 Å². The molecule has 1 aromatic carbocycles. The first-order valence-electron chi connectivity index (χ1n) is 5.98.